The molecular formula is C15H23Cl2N3O. The van der Waals surface area contributed by atoms with Gasteiger partial charge in [0.05, 0.1) is 22.3 Å². The van der Waals surface area contributed by atoms with Crippen LogP contribution in [0, 0.1) is 5.92 Å². The maximum Gasteiger partial charge on any atom is 0.238 e. The number of halogens is 2. The first kappa shape index (κ1) is 18.1. The molecule has 0 heterocycles. The molecule has 21 heavy (non-hydrogen) atoms. The number of hydrogen-bond donors (Lipinski definition) is 2. The van der Waals surface area contributed by atoms with Crippen LogP contribution in [0.1, 0.15) is 27.7 Å². The molecule has 118 valence electrons. The minimum Gasteiger partial charge on any atom is -0.399 e. The summed E-state index contributed by atoms with van der Waals surface area (Å²) >= 11 is 12.1. The van der Waals surface area contributed by atoms with Crippen molar-refractivity contribution in [2.45, 2.75) is 33.7 Å². The summed E-state index contributed by atoms with van der Waals surface area (Å²) in [4.78, 5) is 14.3. The molecule has 0 unspecified atom stereocenters. The van der Waals surface area contributed by atoms with Gasteiger partial charge in [-0.25, -0.2) is 0 Å². The van der Waals surface area contributed by atoms with E-state index >= 15 is 0 Å². The number of carbonyl (C=O) groups excluding carboxylic acids is 1. The van der Waals surface area contributed by atoms with Crippen LogP contribution in [0.3, 0.4) is 0 Å². The van der Waals surface area contributed by atoms with Crippen molar-refractivity contribution in [3.63, 3.8) is 0 Å². The van der Waals surface area contributed by atoms with E-state index in [0.29, 0.717) is 33.9 Å². The highest BCUT2D eigenvalue weighted by atomic mass is 35.5. The van der Waals surface area contributed by atoms with Gasteiger partial charge in [0, 0.05) is 18.3 Å². The Bertz CT molecular complexity index is 481. The molecule has 0 aliphatic carbocycles. The molecule has 1 aromatic rings. The minimum atomic E-state index is -0.141. The van der Waals surface area contributed by atoms with Crippen LogP contribution in [0.25, 0.3) is 0 Å². The standard InChI is InChI=1S/C15H23Cl2N3O/c1-9(2)7-20(10(3)4)8-14(21)19-15-12(16)5-11(18)6-13(15)17/h5-6,9-10H,7-8,18H2,1-4H3,(H,19,21). The summed E-state index contributed by atoms with van der Waals surface area (Å²) in [5.74, 6) is 0.349. The monoisotopic (exact) mass is 331 g/mol. The second-order valence-corrected chi connectivity index (χ2v) is 6.64. The van der Waals surface area contributed by atoms with Crippen LogP contribution < -0.4 is 11.1 Å². The van der Waals surface area contributed by atoms with E-state index < -0.39 is 0 Å². The normalized spacial score (nSPS) is 11.5. The Morgan fingerprint density at radius 3 is 2.19 bits per heavy atom. The predicted molar refractivity (Wildman–Crippen MR) is 91.1 cm³/mol. The maximum absolute atomic E-state index is 12.2. The molecule has 0 aliphatic rings. The van der Waals surface area contributed by atoms with Crippen LogP contribution in [0.15, 0.2) is 12.1 Å². The molecule has 0 atom stereocenters. The van der Waals surface area contributed by atoms with E-state index in [9.17, 15) is 4.79 Å². The van der Waals surface area contributed by atoms with Gasteiger partial charge in [-0.3, -0.25) is 9.69 Å². The van der Waals surface area contributed by atoms with Crippen LogP contribution in [0.4, 0.5) is 11.4 Å². The zero-order chi connectivity index (χ0) is 16.2. The third-order valence-electron chi connectivity index (χ3n) is 3.01. The zero-order valence-electron chi connectivity index (χ0n) is 12.9. The van der Waals surface area contributed by atoms with Gasteiger partial charge in [-0.1, -0.05) is 37.0 Å². The summed E-state index contributed by atoms with van der Waals surface area (Å²) in [7, 11) is 0. The second kappa shape index (κ2) is 7.87. The number of nitrogen functional groups attached to an aromatic ring is 1. The van der Waals surface area contributed by atoms with Gasteiger partial charge in [0.2, 0.25) is 5.91 Å². The Labute approximate surface area is 136 Å². The fraction of sp³-hybridized carbons (Fsp3) is 0.533. The Balaban J connectivity index is 2.77. The van der Waals surface area contributed by atoms with Gasteiger partial charge in [-0.15, -0.1) is 0 Å². The van der Waals surface area contributed by atoms with E-state index in [4.69, 9.17) is 28.9 Å². The molecule has 6 heteroatoms. The second-order valence-electron chi connectivity index (χ2n) is 5.82. The van der Waals surface area contributed by atoms with E-state index in [2.05, 4.69) is 37.9 Å². The fourth-order valence-electron chi connectivity index (χ4n) is 2.00. The Hall–Kier alpha value is -0.970. The Morgan fingerprint density at radius 1 is 1.24 bits per heavy atom. The lowest BCUT2D eigenvalue weighted by atomic mass is 10.2. The van der Waals surface area contributed by atoms with Crippen molar-refractivity contribution in [3.8, 4) is 0 Å². The van der Waals surface area contributed by atoms with E-state index in [1.807, 2.05) is 0 Å². The van der Waals surface area contributed by atoms with Crippen LogP contribution in [0.5, 0.6) is 0 Å². The number of nitrogens with one attached hydrogen (secondary N) is 1. The van der Waals surface area contributed by atoms with Crippen molar-refractivity contribution in [1.82, 2.24) is 4.90 Å². The third-order valence-corrected chi connectivity index (χ3v) is 3.60. The van der Waals surface area contributed by atoms with E-state index in [1.165, 1.54) is 0 Å². The molecule has 0 aliphatic heterocycles. The van der Waals surface area contributed by atoms with E-state index in [-0.39, 0.29) is 11.9 Å². The predicted octanol–water partition coefficient (Wildman–Crippen LogP) is 3.88. The van der Waals surface area contributed by atoms with Gasteiger partial charge in [-0.2, -0.15) is 0 Å². The average molecular weight is 332 g/mol. The number of anilines is 2. The highest BCUT2D eigenvalue weighted by Gasteiger charge is 2.17. The molecule has 0 radical (unpaired) electrons. The van der Waals surface area contributed by atoms with Gasteiger partial charge < -0.3 is 11.1 Å². The van der Waals surface area contributed by atoms with Crippen molar-refractivity contribution in [2.24, 2.45) is 5.92 Å². The summed E-state index contributed by atoms with van der Waals surface area (Å²) in [5, 5.41) is 3.45. The first-order chi connectivity index (χ1) is 9.70. The van der Waals surface area contributed by atoms with Crippen molar-refractivity contribution < 1.29 is 4.79 Å². The number of hydrogen-bond acceptors (Lipinski definition) is 3. The number of rotatable bonds is 6. The highest BCUT2D eigenvalue weighted by molar-refractivity contribution is 6.40. The lowest BCUT2D eigenvalue weighted by Gasteiger charge is -2.27. The number of amides is 1. The van der Waals surface area contributed by atoms with Gasteiger partial charge in [0.25, 0.3) is 0 Å². The first-order valence-corrected chi connectivity index (χ1v) is 7.74. The molecule has 3 N–H and O–H groups in total. The van der Waals surface area contributed by atoms with E-state index in [0.717, 1.165) is 6.54 Å². The summed E-state index contributed by atoms with van der Waals surface area (Å²) in [6, 6.07) is 3.42. The maximum atomic E-state index is 12.2. The van der Waals surface area contributed by atoms with Crippen molar-refractivity contribution in [3.05, 3.63) is 22.2 Å². The molecule has 0 aromatic heterocycles. The smallest absolute Gasteiger partial charge is 0.238 e. The molecule has 0 bridgehead atoms. The van der Waals surface area contributed by atoms with Crippen LogP contribution in [-0.4, -0.2) is 29.9 Å². The van der Waals surface area contributed by atoms with Crippen LogP contribution in [-0.2, 0) is 4.79 Å². The molecular weight excluding hydrogens is 309 g/mol. The molecule has 0 fully saturated rings. The summed E-state index contributed by atoms with van der Waals surface area (Å²) in [6.45, 7) is 9.54. The van der Waals surface area contributed by atoms with Gasteiger partial charge in [-0.05, 0) is 31.9 Å². The number of nitrogens with two attached hydrogens (primary N) is 1. The van der Waals surface area contributed by atoms with Crippen molar-refractivity contribution in [1.29, 1.82) is 0 Å². The molecule has 4 nitrogen and oxygen atoms in total. The Kier molecular flexibility index (Phi) is 6.78. The molecule has 1 aromatic carbocycles. The van der Waals surface area contributed by atoms with Crippen molar-refractivity contribution >= 4 is 40.5 Å². The molecule has 1 rings (SSSR count). The SMILES string of the molecule is CC(C)CN(CC(=O)Nc1c(Cl)cc(N)cc1Cl)C(C)C. The summed E-state index contributed by atoms with van der Waals surface area (Å²) < 4.78 is 0. The third kappa shape index (κ3) is 5.73. The van der Waals surface area contributed by atoms with Crippen LogP contribution >= 0.6 is 23.2 Å². The number of nitrogens with zero attached hydrogens (tertiary/aromatic N) is 1. The van der Waals surface area contributed by atoms with Gasteiger partial charge in [0.1, 0.15) is 0 Å². The topological polar surface area (TPSA) is 58.4 Å². The Morgan fingerprint density at radius 2 is 1.76 bits per heavy atom. The number of benzene rings is 1. The molecule has 0 saturated carbocycles. The highest BCUT2D eigenvalue weighted by Crippen LogP contribution is 2.32. The van der Waals surface area contributed by atoms with E-state index in [1.54, 1.807) is 12.1 Å². The van der Waals surface area contributed by atoms with Crippen LogP contribution in [0.2, 0.25) is 10.0 Å². The van der Waals surface area contributed by atoms with Crippen molar-refractivity contribution in [2.75, 3.05) is 24.1 Å². The lowest BCUT2D eigenvalue weighted by molar-refractivity contribution is -0.117. The lowest BCUT2D eigenvalue weighted by Crippen LogP contribution is -2.40. The quantitative estimate of drug-likeness (QED) is 0.777. The average Bonchev–Trinajstić information content (AvgIpc) is 2.32. The van der Waals surface area contributed by atoms with Gasteiger partial charge >= 0.3 is 0 Å². The fourth-order valence-corrected chi connectivity index (χ4v) is 2.60. The molecule has 1 amide bonds. The number of carbonyl (C=O) groups is 1. The van der Waals surface area contributed by atoms with Gasteiger partial charge in [0.15, 0.2) is 0 Å². The first-order valence-electron chi connectivity index (χ1n) is 6.99. The summed E-state index contributed by atoms with van der Waals surface area (Å²) in [5.41, 5.74) is 6.52. The minimum absolute atomic E-state index is 0.141. The summed E-state index contributed by atoms with van der Waals surface area (Å²) in [6.07, 6.45) is 0. The largest absolute Gasteiger partial charge is 0.399 e. The zero-order valence-corrected chi connectivity index (χ0v) is 14.4. The molecule has 0 saturated heterocycles. The molecule has 0 spiro atoms.